The van der Waals surface area contributed by atoms with Crippen molar-refractivity contribution in [2.75, 3.05) is 33.4 Å². The molecule has 2 aromatic carbocycles. The van der Waals surface area contributed by atoms with Crippen LogP contribution in [0.4, 0.5) is 0 Å². The third-order valence-electron chi connectivity index (χ3n) is 4.92. The van der Waals surface area contributed by atoms with E-state index in [4.69, 9.17) is 9.47 Å². The number of benzene rings is 2. The molecule has 5 heteroatoms. The van der Waals surface area contributed by atoms with Crippen molar-refractivity contribution in [2.24, 2.45) is 10.9 Å². The molecule has 0 aromatic heterocycles. The second-order valence-electron chi connectivity index (χ2n) is 7.08. The molecule has 0 radical (unpaired) electrons. The predicted octanol–water partition coefficient (Wildman–Crippen LogP) is 3.70. The molecule has 2 aromatic rings. The molecular formula is C23H31N3O2. The summed E-state index contributed by atoms with van der Waals surface area (Å²) >= 11 is 0. The summed E-state index contributed by atoms with van der Waals surface area (Å²) in [6, 6.07) is 18.5. The zero-order valence-electron chi connectivity index (χ0n) is 16.9. The Morgan fingerprint density at radius 2 is 1.96 bits per heavy atom. The van der Waals surface area contributed by atoms with Gasteiger partial charge in [-0.3, -0.25) is 4.99 Å². The van der Waals surface area contributed by atoms with Gasteiger partial charge in [0.25, 0.3) is 0 Å². The third-order valence-corrected chi connectivity index (χ3v) is 4.92. The fourth-order valence-corrected chi connectivity index (χ4v) is 3.50. The molecule has 0 bridgehead atoms. The highest BCUT2D eigenvalue weighted by molar-refractivity contribution is 5.80. The molecule has 3 rings (SSSR count). The van der Waals surface area contributed by atoms with Crippen LogP contribution in [-0.2, 0) is 17.9 Å². The number of likely N-dealkylation sites (tertiary alicyclic amines) is 1. The van der Waals surface area contributed by atoms with E-state index >= 15 is 0 Å². The summed E-state index contributed by atoms with van der Waals surface area (Å²) in [5.41, 5.74) is 2.41. The summed E-state index contributed by atoms with van der Waals surface area (Å²) in [5.74, 6) is 2.41. The average Bonchev–Trinajstić information content (AvgIpc) is 3.19. The first-order valence-corrected chi connectivity index (χ1v) is 10.1. The topological polar surface area (TPSA) is 46.1 Å². The maximum atomic E-state index is 5.93. The van der Waals surface area contributed by atoms with Crippen molar-refractivity contribution in [1.82, 2.24) is 10.2 Å². The average molecular weight is 382 g/mol. The van der Waals surface area contributed by atoms with Crippen molar-refractivity contribution in [2.45, 2.75) is 26.5 Å². The third kappa shape index (κ3) is 5.99. The summed E-state index contributed by atoms with van der Waals surface area (Å²) < 4.78 is 11.5. The van der Waals surface area contributed by atoms with Gasteiger partial charge in [0.1, 0.15) is 5.75 Å². The quantitative estimate of drug-likeness (QED) is 0.559. The maximum absolute atomic E-state index is 5.93. The first kappa shape index (κ1) is 20.2. The number of rotatable bonds is 8. The first-order valence-electron chi connectivity index (χ1n) is 10.1. The van der Waals surface area contributed by atoms with Gasteiger partial charge in [0.2, 0.25) is 0 Å². The molecular weight excluding hydrogens is 350 g/mol. The van der Waals surface area contributed by atoms with Gasteiger partial charge in [0, 0.05) is 32.6 Å². The number of nitrogens with one attached hydrogen (secondary N) is 1. The lowest BCUT2D eigenvalue weighted by Crippen LogP contribution is -2.39. The van der Waals surface area contributed by atoms with Gasteiger partial charge in [-0.05, 0) is 36.6 Å². The lowest BCUT2D eigenvalue weighted by atomic mass is 10.1. The Hall–Kier alpha value is -2.53. The predicted molar refractivity (Wildman–Crippen MR) is 114 cm³/mol. The lowest BCUT2D eigenvalue weighted by Gasteiger charge is -2.22. The Morgan fingerprint density at radius 1 is 1.14 bits per heavy atom. The van der Waals surface area contributed by atoms with E-state index in [9.17, 15) is 0 Å². The second-order valence-corrected chi connectivity index (χ2v) is 7.08. The van der Waals surface area contributed by atoms with E-state index in [0.717, 1.165) is 44.4 Å². The Kier molecular flexibility index (Phi) is 7.73. The van der Waals surface area contributed by atoms with E-state index in [2.05, 4.69) is 51.6 Å². The fraction of sp³-hybridized carbons (Fsp3) is 0.435. The van der Waals surface area contributed by atoms with Crippen molar-refractivity contribution >= 4 is 5.96 Å². The molecule has 1 saturated heterocycles. The van der Waals surface area contributed by atoms with Crippen LogP contribution < -0.4 is 10.1 Å². The van der Waals surface area contributed by atoms with E-state index < -0.39 is 0 Å². The molecule has 0 spiro atoms. The van der Waals surface area contributed by atoms with Gasteiger partial charge in [-0.2, -0.15) is 0 Å². The number of hydrogen-bond acceptors (Lipinski definition) is 3. The van der Waals surface area contributed by atoms with Gasteiger partial charge < -0.3 is 19.7 Å². The van der Waals surface area contributed by atoms with Crippen LogP contribution >= 0.6 is 0 Å². The van der Waals surface area contributed by atoms with E-state index in [0.29, 0.717) is 19.1 Å². The Morgan fingerprint density at radius 3 is 2.75 bits per heavy atom. The minimum Gasteiger partial charge on any atom is -0.494 e. The highest BCUT2D eigenvalue weighted by Gasteiger charge is 2.24. The number of ether oxygens (including phenoxy) is 2. The summed E-state index contributed by atoms with van der Waals surface area (Å²) in [6.45, 7) is 6.88. The lowest BCUT2D eigenvalue weighted by molar-refractivity contribution is 0.0906. The molecule has 1 N–H and O–H groups in total. The molecule has 0 saturated carbocycles. The van der Waals surface area contributed by atoms with Crippen LogP contribution in [0.2, 0.25) is 0 Å². The van der Waals surface area contributed by atoms with Crippen molar-refractivity contribution in [3.63, 3.8) is 0 Å². The van der Waals surface area contributed by atoms with Crippen LogP contribution in [0.5, 0.6) is 5.75 Å². The summed E-state index contributed by atoms with van der Waals surface area (Å²) in [6.07, 6.45) is 1.13. The highest BCUT2D eigenvalue weighted by atomic mass is 16.5. The minimum absolute atomic E-state index is 0.545. The van der Waals surface area contributed by atoms with Gasteiger partial charge in [-0.25, -0.2) is 0 Å². The second kappa shape index (κ2) is 10.7. The molecule has 1 atom stereocenters. The smallest absolute Gasteiger partial charge is 0.193 e. The molecule has 1 aliphatic rings. The zero-order chi connectivity index (χ0) is 19.6. The van der Waals surface area contributed by atoms with Crippen molar-refractivity contribution in [3.8, 4) is 5.75 Å². The normalized spacial score (nSPS) is 17.0. The van der Waals surface area contributed by atoms with E-state index in [1.165, 1.54) is 11.1 Å². The van der Waals surface area contributed by atoms with Crippen LogP contribution in [0.1, 0.15) is 24.5 Å². The number of guanidine groups is 1. The van der Waals surface area contributed by atoms with Crippen LogP contribution in [0.15, 0.2) is 59.6 Å². The standard InChI is InChI=1S/C23H31N3O2/c1-3-28-22-11-7-10-20(14-22)15-25-23(24-2)26-13-12-21(16-26)18-27-17-19-8-5-4-6-9-19/h4-11,14,21H,3,12-13,15-18H2,1-2H3,(H,24,25). The molecule has 1 aliphatic heterocycles. The Bertz CT molecular complexity index is 749. The van der Waals surface area contributed by atoms with Gasteiger partial charge in [-0.1, -0.05) is 42.5 Å². The molecule has 1 heterocycles. The zero-order valence-corrected chi connectivity index (χ0v) is 16.9. The Labute approximate surface area is 168 Å². The van der Waals surface area contributed by atoms with Crippen LogP contribution in [0.3, 0.4) is 0 Å². The fourth-order valence-electron chi connectivity index (χ4n) is 3.50. The number of nitrogens with zero attached hydrogens (tertiary/aromatic N) is 2. The number of aliphatic imine (C=N–C) groups is 1. The van der Waals surface area contributed by atoms with Crippen LogP contribution in [-0.4, -0.2) is 44.2 Å². The summed E-state index contributed by atoms with van der Waals surface area (Å²) in [4.78, 5) is 6.79. The molecule has 150 valence electrons. The van der Waals surface area contributed by atoms with Gasteiger partial charge in [0.15, 0.2) is 5.96 Å². The molecule has 0 aliphatic carbocycles. The summed E-state index contributed by atoms with van der Waals surface area (Å²) in [7, 11) is 1.85. The van der Waals surface area contributed by atoms with Gasteiger partial charge >= 0.3 is 0 Å². The molecule has 0 amide bonds. The first-order chi connectivity index (χ1) is 13.8. The van der Waals surface area contributed by atoms with E-state index in [-0.39, 0.29) is 0 Å². The Balaban J connectivity index is 1.43. The van der Waals surface area contributed by atoms with E-state index in [1.807, 2.05) is 32.2 Å². The highest BCUT2D eigenvalue weighted by Crippen LogP contribution is 2.18. The van der Waals surface area contributed by atoms with Crippen LogP contribution in [0.25, 0.3) is 0 Å². The molecule has 1 unspecified atom stereocenters. The molecule has 28 heavy (non-hydrogen) atoms. The van der Waals surface area contributed by atoms with Gasteiger partial charge in [-0.15, -0.1) is 0 Å². The van der Waals surface area contributed by atoms with Crippen molar-refractivity contribution < 1.29 is 9.47 Å². The number of hydrogen-bond donors (Lipinski definition) is 1. The largest absolute Gasteiger partial charge is 0.494 e. The van der Waals surface area contributed by atoms with Crippen LogP contribution in [0, 0.1) is 5.92 Å². The van der Waals surface area contributed by atoms with Gasteiger partial charge in [0.05, 0.1) is 19.8 Å². The van der Waals surface area contributed by atoms with E-state index in [1.54, 1.807) is 0 Å². The molecule has 1 fully saturated rings. The molecule has 5 nitrogen and oxygen atoms in total. The van der Waals surface area contributed by atoms with Crippen molar-refractivity contribution in [1.29, 1.82) is 0 Å². The van der Waals surface area contributed by atoms with Crippen molar-refractivity contribution in [3.05, 3.63) is 65.7 Å². The maximum Gasteiger partial charge on any atom is 0.193 e. The summed E-state index contributed by atoms with van der Waals surface area (Å²) in [5, 5.41) is 3.48. The monoisotopic (exact) mass is 381 g/mol. The SMILES string of the molecule is CCOc1cccc(CNC(=NC)N2CCC(COCc3ccccc3)C2)c1. The minimum atomic E-state index is 0.545.